The third kappa shape index (κ3) is 1.21. The van der Waals surface area contributed by atoms with E-state index in [1.165, 1.54) is 4.88 Å². The molecule has 1 heterocycles. The van der Waals surface area contributed by atoms with Crippen molar-refractivity contribution in [3.63, 3.8) is 0 Å². The van der Waals surface area contributed by atoms with Gasteiger partial charge in [0.1, 0.15) is 0 Å². The summed E-state index contributed by atoms with van der Waals surface area (Å²) in [6, 6.07) is 0. The molecule has 2 N–H and O–H groups in total. The van der Waals surface area contributed by atoms with E-state index in [0.29, 0.717) is 0 Å². The first kappa shape index (κ1) is 8.01. The van der Waals surface area contributed by atoms with Crippen molar-refractivity contribution in [1.29, 1.82) is 0 Å². The van der Waals surface area contributed by atoms with Crippen molar-refractivity contribution in [1.82, 2.24) is 4.98 Å². The zero-order valence-electron chi connectivity index (χ0n) is 7.37. The highest BCUT2D eigenvalue weighted by Gasteiger charge is 2.41. The predicted octanol–water partition coefficient (Wildman–Crippen LogP) is 1.16. The highest BCUT2D eigenvalue weighted by Crippen LogP contribution is 2.45. The molecule has 0 atom stereocenters. The maximum absolute atomic E-state index is 6.03. The zero-order valence-corrected chi connectivity index (χ0v) is 8.19. The van der Waals surface area contributed by atoms with Gasteiger partial charge < -0.3 is 10.6 Å². The number of aromatic nitrogens is 1. The van der Waals surface area contributed by atoms with Crippen LogP contribution in [0.1, 0.15) is 17.7 Å². The molecular formula is C8H13N3S. The Morgan fingerprint density at radius 2 is 2.25 bits per heavy atom. The summed E-state index contributed by atoms with van der Waals surface area (Å²) in [5, 5.41) is 1.04. The van der Waals surface area contributed by atoms with E-state index in [-0.39, 0.29) is 5.54 Å². The van der Waals surface area contributed by atoms with Gasteiger partial charge in [0.2, 0.25) is 0 Å². The Hall–Kier alpha value is -0.610. The normalized spacial score (nSPS) is 19.2. The number of nitrogens with zero attached hydrogens (tertiary/aromatic N) is 2. The number of nitrogens with two attached hydrogens (primary N) is 1. The van der Waals surface area contributed by atoms with Crippen LogP contribution in [0.5, 0.6) is 0 Å². The maximum atomic E-state index is 6.03. The van der Waals surface area contributed by atoms with Gasteiger partial charge in [-0.1, -0.05) is 0 Å². The van der Waals surface area contributed by atoms with E-state index in [2.05, 4.69) is 4.98 Å². The summed E-state index contributed by atoms with van der Waals surface area (Å²) in [5.74, 6) is 0. The molecule has 3 nitrogen and oxygen atoms in total. The van der Waals surface area contributed by atoms with E-state index >= 15 is 0 Å². The van der Waals surface area contributed by atoms with E-state index in [1.54, 1.807) is 11.3 Å². The van der Waals surface area contributed by atoms with Crippen molar-refractivity contribution < 1.29 is 0 Å². The van der Waals surface area contributed by atoms with Crippen molar-refractivity contribution in [2.75, 3.05) is 19.0 Å². The molecule has 1 aliphatic carbocycles. The van der Waals surface area contributed by atoms with Crippen molar-refractivity contribution in [3.8, 4) is 0 Å². The van der Waals surface area contributed by atoms with Crippen LogP contribution in [0.4, 0.5) is 5.13 Å². The summed E-state index contributed by atoms with van der Waals surface area (Å²) in [6.07, 6.45) is 4.14. The van der Waals surface area contributed by atoms with Gasteiger partial charge in [-0.15, -0.1) is 11.3 Å². The number of hydrogen-bond donors (Lipinski definition) is 1. The van der Waals surface area contributed by atoms with E-state index in [0.717, 1.165) is 18.0 Å². The van der Waals surface area contributed by atoms with Gasteiger partial charge >= 0.3 is 0 Å². The van der Waals surface area contributed by atoms with Crippen LogP contribution >= 0.6 is 11.3 Å². The highest BCUT2D eigenvalue weighted by atomic mass is 32.1. The molecule has 66 valence electrons. The van der Waals surface area contributed by atoms with Crippen molar-refractivity contribution in [2.45, 2.75) is 18.4 Å². The average Bonchev–Trinajstić information content (AvgIpc) is 2.61. The summed E-state index contributed by atoms with van der Waals surface area (Å²) < 4.78 is 0. The lowest BCUT2D eigenvalue weighted by Gasteiger charge is -2.06. The highest BCUT2D eigenvalue weighted by molar-refractivity contribution is 7.15. The first-order valence-electron chi connectivity index (χ1n) is 4.04. The van der Waals surface area contributed by atoms with E-state index in [1.807, 2.05) is 25.2 Å². The lowest BCUT2D eigenvalue weighted by atomic mass is 10.3. The second-order valence-corrected chi connectivity index (χ2v) is 4.57. The topological polar surface area (TPSA) is 42.2 Å². The zero-order chi connectivity index (χ0) is 8.77. The van der Waals surface area contributed by atoms with E-state index in [4.69, 9.17) is 5.73 Å². The van der Waals surface area contributed by atoms with Crippen LogP contribution in [0.2, 0.25) is 0 Å². The Morgan fingerprint density at radius 3 is 2.67 bits per heavy atom. The summed E-state index contributed by atoms with van der Waals surface area (Å²) in [5.41, 5.74) is 6.01. The standard InChI is InChI=1S/C8H13N3S/c1-11(2)7-10-5-6(12-7)8(9)3-4-8/h5H,3-4,9H2,1-2H3. The fraction of sp³-hybridized carbons (Fsp3) is 0.625. The molecule has 0 bridgehead atoms. The van der Waals surface area contributed by atoms with Gasteiger partial charge in [0.25, 0.3) is 0 Å². The molecule has 1 fully saturated rings. The van der Waals surface area contributed by atoms with Crippen molar-refractivity contribution in [2.24, 2.45) is 5.73 Å². The Balaban J connectivity index is 2.25. The lowest BCUT2D eigenvalue weighted by molar-refractivity contribution is 0.756. The minimum Gasteiger partial charge on any atom is -0.354 e. The van der Waals surface area contributed by atoms with Crippen LogP contribution < -0.4 is 10.6 Å². The number of anilines is 1. The SMILES string of the molecule is CN(C)c1ncc(C2(N)CC2)s1. The predicted molar refractivity (Wildman–Crippen MR) is 51.5 cm³/mol. The van der Waals surface area contributed by atoms with Gasteiger partial charge in [0.05, 0.1) is 5.54 Å². The molecule has 1 aromatic rings. The molecular weight excluding hydrogens is 170 g/mol. The molecule has 4 heteroatoms. The summed E-state index contributed by atoms with van der Waals surface area (Å²) >= 11 is 1.70. The molecule has 0 spiro atoms. The number of rotatable bonds is 2. The van der Waals surface area contributed by atoms with Gasteiger partial charge in [0.15, 0.2) is 5.13 Å². The largest absolute Gasteiger partial charge is 0.354 e. The van der Waals surface area contributed by atoms with Crippen LogP contribution in [0.25, 0.3) is 0 Å². The Morgan fingerprint density at radius 1 is 1.58 bits per heavy atom. The fourth-order valence-electron chi connectivity index (χ4n) is 1.08. The second kappa shape index (κ2) is 2.44. The van der Waals surface area contributed by atoms with Gasteiger partial charge in [-0.25, -0.2) is 4.98 Å². The van der Waals surface area contributed by atoms with Crippen LogP contribution in [0, 0.1) is 0 Å². The molecule has 0 unspecified atom stereocenters. The number of hydrogen-bond acceptors (Lipinski definition) is 4. The smallest absolute Gasteiger partial charge is 0.185 e. The molecule has 0 amide bonds. The van der Waals surface area contributed by atoms with E-state index < -0.39 is 0 Å². The van der Waals surface area contributed by atoms with Crippen molar-refractivity contribution in [3.05, 3.63) is 11.1 Å². The van der Waals surface area contributed by atoms with Crippen molar-refractivity contribution >= 4 is 16.5 Å². The summed E-state index contributed by atoms with van der Waals surface area (Å²) in [4.78, 5) is 7.53. The first-order valence-corrected chi connectivity index (χ1v) is 4.86. The minimum absolute atomic E-state index is 0.0219. The van der Waals surface area contributed by atoms with Crippen LogP contribution in [-0.4, -0.2) is 19.1 Å². The third-order valence-electron chi connectivity index (χ3n) is 2.16. The molecule has 12 heavy (non-hydrogen) atoms. The van der Waals surface area contributed by atoms with Crippen LogP contribution in [-0.2, 0) is 5.54 Å². The Labute approximate surface area is 76.2 Å². The Bertz CT molecular complexity index is 288. The van der Waals surface area contributed by atoms with Gasteiger partial charge in [-0.05, 0) is 12.8 Å². The quantitative estimate of drug-likeness (QED) is 0.748. The second-order valence-electron chi connectivity index (χ2n) is 3.56. The minimum atomic E-state index is -0.0219. The van der Waals surface area contributed by atoms with Gasteiger partial charge in [-0.2, -0.15) is 0 Å². The number of thiazole rings is 1. The molecule has 0 saturated heterocycles. The molecule has 1 aromatic heterocycles. The molecule has 0 radical (unpaired) electrons. The average molecular weight is 183 g/mol. The molecule has 2 rings (SSSR count). The van der Waals surface area contributed by atoms with Gasteiger partial charge in [-0.3, -0.25) is 0 Å². The lowest BCUT2D eigenvalue weighted by Crippen LogP contribution is -2.16. The monoisotopic (exact) mass is 183 g/mol. The van der Waals surface area contributed by atoms with E-state index in [9.17, 15) is 0 Å². The Kier molecular flexibility index (Phi) is 1.63. The summed E-state index contributed by atoms with van der Waals surface area (Å²) in [6.45, 7) is 0. The van der Waals surface area contributed by atoms with Crippen LogP contribution in [0.3, 0.4) is 0 Å². The summed E-state index contributed by atoms with van der Waals surface area (Å²) in [7, 11) is 4.00. The third-order valence-corrected chi connectivity index (χ3v) is 3.54. The molecule has 0 aromatic carbocycles. The molecule has 1 saturated carbocycles. The van der Waals surface area contributed by atoms with Crippen LogP contribution in [0.15, 0.2) is 6.20 Å². The fourth-order valence-corrected chi connectivity index (χ4v) is 2.08. The first-order chi connectivity index (χ1) is 5.62. The van der Waals surface area contributed by atoms with Gasteiger partial charge in [0, 0.05) is 25.2 Å². The molecule has 0 aliphatic heterocycles. The molecule has 1 aliphatic rings. The maximum Gasteiger partial charge on any atom is 0.185 e.